The van der Waals surface area contributed by atoms with Crippen LogP contribution in [0, 0.1) is 13.8 Å². The molecule has 1 heterocycles. The van der Waals surface area contributed by atoms with Crippen LogP contribution in [0.2, 0.25) is 0 Å². The zero-order chi connectivity index (χ0) is 14.7. The van der Waals surface area contributed by atoms with Crippen LogP contribution in [0.1, 0.15) is 25.0 Å². The Morgan fingerprint density at radius 1 is 1.30 bits per heavy atom. The zero-order valence-corrected chi connectivity index (χ0v) is 13.0. The number of amides is 2. The molecule has 1 aromatic heterocycles. The van der Waals surface area contributed by atoms with Gasteiger partial charge in [-0.2, -0.15) is 0 Å². The van der Waals surface area contributed by atoms with E-state index >= 15 is 0 Å². The number of thiazole rings is 1. The van der Waals surface area contributed by atoms with Crippen molar-refractivity contribution in [3.8, 4) is 11.3 Å². The zero-order valence-electron chi connectivity index (χ0n) is 12.2. The average molecular weight is 289 g/mol. The van der Waals surface area contributed by atoms with E-state index in [9.17, 15) is 4.79 Å². The smallest absolute Gasteiger partial charge is 0.321 e. The number of urea groups is 1. The van der Waals surface area contributed by atoms with Gasteiger partial charge in [-0.1, -0.05) is 23.8 Å². The summed E-state index contributed by atoms with van der Waals surface area (Å²) in [6.07, 6.45) is 0. The van der Waals surface area contributed by atoms with Gasteiger partial charge >= 0.3 is 6.03 Å². The largest absolute Gasteiger partial charge is 0.336 e. The maximum absolute atomic E-state index is 11.6. The SMILES string of the molecule is Cc1ccc(-c2csc(NC(=O)NC(C)C)n2)c(C)c1. The molecule has 20 heavy (non-hydrogen) atoms. The quantitative estimate of drug-likeness (QED) is 0.898. The van der Waals surface area contributed by atoms with Crippen molar-refractivity contribution in [1.82, 2.24) is 10.3 Å². The van der Waals surface area contributed by atoms with Gasteiger partial charge in [0.1, 0.15) is 0 Å². The summed E-state index contributed by atoms with van der Waals surface area (Å²) < 4.78 is 0. The molecule has 0 spiro atoms. The summed E-state index contributed by atoms with van der Waals surface area (Å²) in [6, 6.07) is 6.15. The van der Waals surface area contributed by atoms with Gasteiger partial charge in [-0.05, 0) is 33.3 Å². The molecule has 0 aliphatic heterocycles. The van der Waals surface area contributed by atoms with Crippen LogP contribution in [0.4, 0.5) is 9.93 Å². The molecular formula is C15H19N3OS. The van der Waals surface area contributed by atoms with Crippen LogP contribution in [0.15, 0.2) is 23.6 Å². The third kappa shape index (κ3) is 3.57. The van der Waals surface area contributed by atoms with E-state index in [0.29, 0.717) is 5.13 Å². The van der Waals surface area contributed by atoms with E-state index in [4.69, 9.17) is 0 Å². The third-order valence-corrected chi connectivity index (χ3v) is 3.56. The summed E-state index contributed by atoms with van der Waals surface area (Å²) in [6.45, 7) is 7.98. The summed E-state index contributed by atoms with van der Waals surface area (Å²) in [5, 5.41) is 8.10. The Bertz CT molecular complexity index is 619. The molecule has 0 saturated heterocycles. The molecule has 0 fully saturated rings. The van der Waals surface area contributed by atoms with E-state index in [1.165, 1.54) is 22.5 Å². The lowest BCUT2D eigenvalue weighted by Gasteiger charge is -2.07. The second kappa shape index (κ2) is 6.05. The molecule has 2 rings (SSSR count). The van der Waals surface area contributed by atoms with Crippen molar-refractivity contribution < 1.29 is 4.79 Å². The van der Waals surface area contributed by atoms with Crippen molar-refractivity contribution in [2.24, 2.45) is 0 Å². The molecule has 0 saturated carbocycles. The van der Waals surface area contributed by atoms with Crippen LogP contribution in [-0.2, 0) is 0 Å². The molecule has 0 aliphatic carbocycles. The van der Waals surface area contributed by atoms with E-state index in [1.807, 2.05) is 19.2 Å². The first-order valence-electron chi connectivity index (χ1n) is 6.56. The number of benzene rings is 1. The van der Waals surface area contributed by atoms with Gasteiger partial charge in [-0.15, -0.1) is 11.3 Å². The van der Waals surface area contributed by atoms with Crippen molar-refractivity contribution in [2.75, 3.05) is 5.32 Å². The number of rotatable bonds is 3. The minimum absolute atomic E-state index is 0.105. The maximum Gasteiger partial charge on any atom is 0.321 e. The Morgan fingerprint density at radius 2 is 2.05 bits per heavy atom. The molecule has 2 amide bonds. The highest BCUT2D eigenvalue weighted by atomic mass is 32.1. The van der Waals surface area contributed by atoms with Crippen molar-refractivity contribution in [3.63, 3.8) is 0 Å². The van der Waals surface area contributed by atoms with Gasteiger partial charge in [0, 0.05) is 17.0 Å². The van der Waals surface area contributed by atoms with Crippen LogP contribution in [-0.4, -0.2) is 17.1 Å². The lowest BCUT2D eigenvalue weighted by molar-refractivity contribution is 0.250. The van der Waals surface area contributed by atoms with Crippen molar-refractivity contribution in [2.45, 2.75) is 33.7 Å². The van der Waals surface area contributed by atoms with Crippen LogP contribution >= 0.6 is 11.3 Å². The van der Waals surface area contributed by atoms with Crippen molar-refractivity contribution >= 4 is 22.5 Å². The predicted octanol–water partition coefficient (Wildman–Crippen LogP) is 3.96. The van der Waals surface area contributed by atoms with Gasteiger partial charge in [0.25, 0.3) is 0 Å². The molecule has 0 bridgehead atoms. The van der Waals surface area contributed by atoms with E-state index in [1.54, 1.807) is 0 Å². The number of carbonyl (C=O) groups is 1. The normalized spacial score (nSPS) is 10.7. The summed E-state index contributed by atoms with van der Waals surface area (Å²) >= 11 is 1.43. The van der Waals surface area contributed by atoms with Crippen molar-refractivity contribution in [3.05, 3.63) is 34.7 Å². The fraction of sp³-hybridized carbons (Fsp3) is 0.333. The second-order valence-electron chi connectivity index (χ2n) is 5.11. The molecular weight excluding hydrogens is 270 g/mol. The second-order valence-corrected chi connectivity index (χ2v) is 5.97. The molecule has 0 aliphatic rings. The van der Waals surface area contributed by atoms with E-state index < -0.39 is 0 Å². The highest BCUT2D eigenvalue weighted by Gasteiger charge is 2.10. The summed E-state index contributed by atoms with van der Waals surface area (Å²) in [5.74, 6) is 0. The Hall–Kier alpha value is -1.88. The molecule has 2 N–H and O–H groups in total. The Balaban J connectivity index is 2.14. The fourth-order valence-corrected chi connectivity index (χ4v) is 2.66. The predicted molar refractivity (Wildman–Crippen MR) is 84.3 cm³/mol. The third-order valence-electron chi connectivity index (χ3n) is 2.80. The van der Waals surface area contributed by atoms with Gasteiger partial charge in [0.15, 0.2) is 5.13 Å². The Labute approximate surface area is 123 Å². The molecule has 4 nitrogen and oxygen atoms in total. The number of nitrogens with one attached hydrogen (secondary N) is 2. The summed E-state index contributed by atoms with van der Waals surface area (Å²) in [7, 11) is 0. The number of aromatic nitrogens is 1. The first-order chi connectivity index (χ1) is 9.45. The number of aryl methyl sites for hydroxylation is 2. The van der Waals surface area contributed by atoms with E-state index in [2.05, 4.69) is 47.7 Å². The molecule has 5 heteroatoms. The van der Waals surface area contributed by atoms with E-state index in [-0.39, 0.29) is 12.1 Å². The first-order valence-corrected chi connectivity index (χ1v) is 7.44. The van der Waals surface area contributed by atoms with Gasteiger partial charge in [-0.3, -0.25) is 5.32 Å². The number of anilines is 1. The standard InChI is InChI=1S/C15H19N3OS/c1-9(2)16-14(19)18-15-17-13(8-20-15)12-6-5-10(3)7-11(12)4/h5-9H,1-4H3,(H2,16,17,18,19). The maximum atomic E-state index is 11.6. The molecule has 106 valence electrons. The average Bonchev–Trinajstić information content (AvgIpc) is 2.75. The molecule has 2 aromatic rings. The van der Waals surface area contributed by atoms with Crippen LogP contribution < -0.4 is 10.6 Å². The highest BCUT2D eigenvalue weighted by molar-refractivity contribution is 7.14. The topological polar surface area (TPSA) is 54.0 Å². The number of nitrogens with zero attached hydrogens (tertiary/aromatic N) is 1. The Kier molecular flexibility index (Phi) is 4.39. The van der Waals surface area contributed by atoms with E-state index in [0.717, 1.165) is 11.3 Å². The van der Waals surface area contributed by atoms with Gasteiger partial charge in [0.05, 0.1) is 5.69 Å². The summed E-state index contributed by atoms with van der Waals surface area (Å²) in [4.78, 5) is 16.1. The lowest BCUT2D eigenvalue weighted by atomic mass is 10.0. The fourth-order valence-electron chi connectivity index (χ4n) is 1.95. The Morgan fingerprint density at radius 3 is 2.70 bits per heavy atom. The lowest BCUT2D eigenvalue weighted by Crippen LogP contribution is -2.34. The highest BCUT2D eigenvalue weighted by Crippen LogP contribution is 2.27. The van der Waals surface area contributed by atoms with Crippen LogP contribution in [0.25, 0.3) is 11.3 Å². The van der Waals surface area contributed by atoms with Gasteiger partial charge in [0.2, 0.25) is 0 Å². The minimum atomic E-state index is -0.221. The summed E-state index contributed by atoms with van der Waals surface area (Å²) in [5.41, 5.74) is 4.42. The number of hydrogen-bond donors (Lipinski definition) is 2. The van der Waals surface area contributed by atoms with Crippen LogP contribution in [0.3, 0.4) is 0 Å². The molecule has 0 radical (unpaired) electrons. The molecule has 0 atom stereocenters. The van der Waals surface area contributed by atoms with Gasteiger partial charge in [-0.25, -0.2) is 9.78 Å². The van der Waals surface area contributed by atoms with Crippen molar-refractivity contribution in [1.29, 1.82) is 0 Å². The number of carbonyl (C=O) groups excluding carboxylic acids is 1. The van der Waals surface area contributed by atoms with Crippen LogP contribution in [0.5, 0.6) is 0 Å². The molecule has 1 aromatic carbocycles. The monoisotopic (exact) mass is 289 g/mol. The first kappa shape index (κ1) is 14.5. The minimum Gasteiger partial charge on any atom is -0.336 e. The van der Waals surface area contributed by atoms with Gasteiger partial charge < -0.3 is 5.32 Å². The molecule has 0 unspecified atom stereocenters. The number of hydrogen-bond acceptors (Lipinski definition) is 3.